The van der Waals surface area contributed by atoms with Crippen LogP contribution in [0.3, 0.4) is 0 Å². The number of carbonyl (C=O) groups is 1. The van der Waals surface area contributed by atoms with E-state index in [0.717, 1.165) is 0 Å². The first kappa shape index (κ1) is 20.6. The number of rotatable bonds is 6. The molecule has 1 amide bonds. The van der Waals surface area contributed by atoms with E-state index in [2.05, 4.69) is 15.4 Å². The van der Waals surface area contributed by atoms with Gasteiger partial charge in [0.1, 0.15) is 11.6 Å². The zero-order chi connectivity index (χ0) is 21.8. The van der Waals surface area contributed by atoms with Crippen LogP contribution < -0.4 is 10.1 Å². The van der Waals surface area contributed by atoms with Crippen molar-refractivity contribution in [3.63, 3.8) is 0 Å². The van der Waals surface area contributed by atoms with Gasteiger partial charge in [-0.3, -0.25) is 4.79 Å². The second-order valence-electron chi connectivity index (χ2n) is 6.57. The van der Waals surface area contributed by atoms with Gasteiger partial charge in [-0.05, 0) is 79.7 Å². The molecular weight excluding hydrogens is 419 g/mol. The summed E-state index contributed by atoms with van der Waals surface area (Å²) in [6, 6.07) is 19.8. The smallest absolute Gasteiger partial charge is 0.295 e. The van der Waals surface area contributed by atoms with Crippen LogP contribution >= 0.6 is 11.6 Å². The fourth-order valence-electron chi connectivity index (χ4n) is 2.94. The van der Waals surface area contributed by atoms with Gasteiger partial charge < -0.3 is 10.1 Å². The summed E-state index contributed by atoms with van der Waals surface area (Å²) in [4.78, 5) is 17.2. The van der Waals surface area contributed by atoms with Crippen molar-refractivity contribution in [2.24, 2.45) is 0 Å². The molecule has 0 aliphatic carbocycles. The van der Waals surface area contributed by atoms with Crippen molar-refractivity contribution in [2.45, 2.75) is 6.92 Å². The molecule has 0 aliphatic rings. The summed E-state index contributed by atoms with van der Waals surface area (Å²) >= 11 is 5.99. The van der Waals surface area contributed by atoms with Crippen LogP contribution in [0.1, 0.15) is 17.5 Å². The van der Waals surface area contributed by atoms with Crippen LogP contribution in [-0.4, -0.2) is 27.3 Å². The Kier molecular flexibility index (Phi) is 5.95. The molecule has 31 heavy (non-hydrogen) atoms. The Morgan fingerprint density at radius 2 is 1.71 bits per heavy atom. The van der Waals surface area contributed by atoms with E-state index >= 15 is 0 Å². The maximum absolute atomic E-state index is 13.4. The fourth-order valence-corrected chi connectivity index (χ4v) is 3.07. The van der Waals surface area contributed by atoms with Crippen molar-refractivity contribution in [2.75, 3.05) is 11.9 Å². The summed E-state index contributed by atoms with van der Waals surface area (Å²) in [5, 5.41) is 7.73. The van der Waals surface area contributed by atoms with Gasteiger partial charge in [-0.15, -0.1) is 5.10 Å². The molecular formula is C23H18ClFN4O2. The maximum Gasteiger partial charge on any atom is 0.295 e. The Labute approximate surface area is 183 Å². The molecule has 0 saturated carbocycles. The molecule has 6 nitrogen and oxygen atoms in total. The van der Waals surface area contributed by atoms with E-state index in [1.807, 2.05) is 6.92 Å². The van der Waals surface area contributed by atoms with Crippen molar-refractivity contribution < 1.29 is 13.9 Å². The van der Waals surface area contributed by atoms with E-state index in [1.54, 1.807) is 60.7 Å². The minimum Gasteiger partial charge on any atom is -0.494 e. The average molecular weight is 437 g/mol. The summed E-state index contributed by atoms with van der Waals surface area (Å²) in [6.07, 6.45) is 0. The summed E-state index contributed by atoms with van der Waals surface area (Å²) in [5.41, 5.74) is 1.86. The number of amides is 1. The molecule has 1 N–H and O–H groups in total. The van der Waals surface area contributed by atoms with E-state index < -0.39 is 5.91 Å². The fraction of sp³-hybridized carbons (Fsp3) is 0.0870. The normalized spacial score (nSPS) is 10.7. The van der Waals surface area contributed by atoms with Gasteiger partial charge in [0.25, 0.3) is 5.91 Å². The molecule has 8 heteroatoms. The molecule has 156 valence electrons. The lowest BCUT2D eigenvalue weighted by Gasteiger charge is -2.06. The predicted molar refractivity (Wildman–Crippen MR) is 117 cm³/mol. The van der Waals surface area contributed by atoms with Crippen molar-refractivity contribution in [3.05, 3.63) is 89.5 Å². The Hall–Kier alpha value is -3.71. The number of ether oxygens (including phenoxy) is 1. The van der Waals surface area contributed by atoms with Gasteiger partial charge in [0.05, 0.1) is 12.3 Å². The van der Waals surface area contributed by atoms with Crippen molar-refractivity contribution in [3.8, 4) is 22.8 Å². The first-order valence-electron chi connectivity index (χ1n) is 9.56. The average Bonchev–Trinajstić information content (AvgIpc) is 3.22. The van der Waals surface area contributed by atoms with Crippen molar-refractivity contribution >= 4 is 23.2 Å². The van der Waals surface area contributed by atoms with E-state index in [9.17, 15) is 9.18 Å². The molecule has 1 aromatic heterocycles. The van der Waals surface area contributed by atoms with Crippen LogP contribution in [0, 0.1) is 5.82 Å². The first-order chi connectivity index (χ1) is 15.0. The van der Waals surface area contributed by atoms with Crippen molar-refractivity contribution in [1.29, 1.82) is 0 Å². The molecule has 0 aliphatic heterocycles. The summed E-state index contributed by atoms with van der Waals surface area (Å²) in [5.74, 6) is 0.251. The third-order valence-corrected chi connectivity index (χ3v) is 4.66. The lowest BCUT2D eigenvalue weighted by atomic mass is 10.2. The van der Waals surface area contributed by atoms with Crippen LogP contribution in [0.2, 0.25) is 5.02 Å². The third kappa shape index (κ3) is 4.73. The van der Waals surface area contributed by atoms with Gasteiger partial charge in [0.15, 0.2) is 5.82 Å². The number of halogens is 2. The summed E-state index contributed by atoms with van der Waals surface area (Å²) in [6.45, 7) is 2.46. The van der Waals surface area contributed by atoms with Crippen LogP contribution in [0.15, 0.2) is 72.8 Å². The minimum atomic E-state index is -0.472. The molecule has 1 heterocycles. The topological polar surface area (TPSA) is 69.0 Å². The lowest BCUT2D eigenvalue weighted by molar-refractivity contribution is 0.101. The first-order valence-corrected chi connectivity index (χ1v) is 9.94. The number of carbonyl (C=O) groups excluding carboxylic acids is 1. The largest absolute Gasteiger partial charge is 0.494 e. The van der Waals surface area contributed by atoms with E-state index in [4.69, 9.17) is 16.3 Å². The van der Waals surface area contributed by atoms with E-state index in [1.165, 1.54) is 16.8 Å². The van der Waals surface area contributed by atoms with Gasteiger partial charge in [-0.1, -0.05) is 11.6 Å². The Bertz CT molecular complexity index is 1130. The Morgan fingerprint density at radius 3 is 2.35 bits per heavy atom. The standard InChI is InChI=1S/C23H18ClFN4O2/c1-2-31-20-13-9-18(10-14-20)26-23(30)21-27-22(15-3-7-17(25)8-4-15)29(28-21)19-11-5-16(24)6-12-19/h3-14H,2H2,1H3,(H,26,30). The highest BCUT2D eigenvalue weighted by atomic mass is 35.5. The van der Waals surface area contributed by atoms with Gasteiger partial charge in [0, 0.05) is 16.3 Å². The Balaban J connectivity index is 1.67. The SMILES string of the molecule is CCOc1ccc(NC(=O)c2nc(-c3ccc(F)cc3)n(-c3ccc(Cl)cc3)n2)cc1. The molecule has 0 bridgehead atoms. The second kappa shape index (κ2) is 8.97. The lowest BCUT2D eigenvalue weighted by Crippen LogP contribution is -2.14. The van der Waals surface area contributed by atoms with Crippen molar-refractivity contribution in [1.82, 2.24) is 14.8 Å². The predicted octanol–water partition coefficient (Wildman–Crippen LogP) is 5.38. The molecule has 0 radical (unpaired) electrons. The number of anilines is 1. The minimum absolute atomic E-state index is 0.0249. The summed E-state index contributed by atoms with van der Waals surface area (Å²) in [7, 11) is 0. The zero-order valence-corrected chi connectivity index (χ0v) is 17.3. The van der Waals surface area contributed by atoms with Crippen LogP contribution in [0.4, 0.5) is 10.1 Å². The monoisotopic (exact) mass is 436 g/mol. The van der Waals surface area contributed by atoms with E-state index in [0.29, 0.717) is 40.1 Å². The molecule has 0 spiro atoms. The number of nitrogens with one attached hydrogen (secondary N) is 1. The number of nitrogens with zero attached hydrogens (tertiary/aromatic N) is 3. The molecule has 4 rings (SSSR count). The number of aromatic nitrogens is 3. The number of benzene rings is 3. The Morgan fingerprint density at radius 1 is 1.03 bits per heavy atom. The number of hydrogen-bond donors (Lipinski definition) is 1. The highest BCUT2D eigenvalue weighted by Gasteiger charge is 2.19. The molecule has 0 unspecified atom stereocenters. The quantitative estimate of drug-likeness (QED) is 0.440. The molecule has 0 saturated heterocycles. The van der Waals surface area contributed by atoms with Gasteiger partial charge in [-0.25, -0.2) is 14.1 Å². The summed E-state index contributed by atoms with van der Waals surface area (Å²) < 4.78 is 20.3. The zero-order valence-electron chi connectivity index (χ0n) is 16.5. The van der Waals surface area contributed by atoms with Gasteiger partial charge in [0.2, 0.25) is 5.82 Å². The van der Waals surface area contributed by atoms with Gasteiger partial charge >= 0.3 is 0 Å². The molecule has 0 fully saturated rings. The highest BCUT2D eigenvalue weighted by molar-refractivity contribution is 6.30. The van der Waals surface area contributed by atoms with Gasteiger partial charge in [-0.2, -0.15) is 0 Å². The molecule has 0 atom stereocenters. The van der Waals surface area contributed by atoms with Crippen LogP contribution in [-0.2, 0) is 0 Å². The van der Waals surface area contributed by atoms with Crippen LogP contribution in [0.5, 0.6) is 5.75 Å². The third-order valence-electron chi connectivity index (χ3n) is 4.41. The second-order valence-corrected chi connectivity index (χ2v) is 7.00. The van der Waals surface area contributed by atoms with E-state index in [-0.39, 0.29) is 11.6 Å². The molecule has 4 aromatic rings. The molecule has 3 aromatic carbocycles. The number of hydrogen-bond acceptors (Lipinski definition) is 4. The highest BCUT2D eigenvalue weighted by Crippen LogP contribution is 2.23. The van der Waals surface area contributed by atoms with Crippen LogP contribution in [0.25, 0.3) is 17.1 Å². The maximum atomic E-state index is 13.4.